The van der Waals surface area contributed by atoms with E-state index < -0.39 is 0 Å². The van der Waals surface area contributed by atoms with Gasteiger partial charge < -0.3 is 9.47 Å². The Labute approximate surface area is 96.7 Å². The van der Waals surface area contributed by atoms with E-state index in [0.29, 0.717) is 24.5 Å². The van der Waals surface area contributed by atoms with E-state index in [1.54, 1.807) is 6.07 Å². The van der Waals surface area contributed by atoms with Gasteiger partial charge in [0.2, 0.25) is 0 Å². The summed E-state index contributed by atoms with van der Waals surface area (Å²) in [4.78, 5) is 0. The Kier molecular flexibility index (Phi) is 2.83. The van der Waals surface area contributed by atoms with Gasteiger partial charge in [-0.2, -0.15) is 5.26 Å². The third kappa shape index (κ3) is 1.68. The van der Waals surface area contributed by atoms with Crippen molar-refractivity contribution in [2.45, 2.75) is 13.3 Å². The van der Waals surface area contributed by atoms with Gasteiger partial charge in [0.25, 0.3) is 0 Å². The van der Waals surface area contributed by atoms with Crippen LogP contribution in [0, 0.1) is 11.3 Å². The van der Waals surface area contributed by atoms with E-state index in [4.69, 9.17) is 14.7 Å². The first-order chi connectivity index (χ1) is 7.27. The van der Waals surface area contributed by atoms with Crippen LogP contribution in [0.4, 0.5) is 0 Å². The molecule has 78 valence electrons. The van der Waals surface area contributed by atoms with Crippen LogP contribution >= 0.6 is 15.9 Å². The van der Waals surface area contributed by atoms with Gasteiger partial charge in [-0.1, -0.05) is 6.92 Å². The highest BCUT2D eigenvalue weighted by molar-refractivity contribution is 9.10. The molecule has 15 heavy (non-hydrogen) atoms. The average molecular weight is 268 g/mol. The number of benzene rings is 1. The van der Waals surface area contributed by atoms with Crippen LogP contribution in [-0.2, 0) is 6.42 Å². The number of halogens is 1. The molecule has 0 fully saturated rings. The van der Waals surface area contributed by atoms with Crippen molar-refractivity contribution in [2.75, 3.05) is 13.2 Å². The van der Waals surface area contributed by atoms with Crippen LogP contribution in [0.15, 0.2) is 10.5 Å². The number of hydrogen-bond acceptors (Lipinski definition) is 3. The Hall–Kier alpha value is -1.21. The molecule has 0 saturated heterocycles. The van der Waals surface area contributed by atoms with Crippen LogP contribution < -0.4 is 9.47 Å². The van der Waals surface area contributed by atoms with Gasteiger partial charge in [0, 0.05) is 6.07 Å². The van der Waals surface area contributed by atoms with Gasteiger partial charge in [-0.25, -0.2) is 0 Å². The number of hydrogen-bond donors (Lipinski definition) is 0. The molecule has 1 aromatic rings. The Morgan fingerprint density at radius 1 is 1.47 bits per heavy atom. The van der Waals surface area contributed by atoms with Crippen molar-refractivity contribution < 1.29 is 9.47 Å². The molecule has 0 unspecified atom stereocenters. The summed E-state index contributed by atoms with van der Waals surface area (Å²) in [7, 11) is 0. The topological polar surface area (TPSA) is 42.2 Å². The molecular weight excluding hydrogens is 258 g/mol. The van der Waals surface area contributed by atoms with Crippen LogP contribution in [0.1, 0.15) is 18.1 Å². The molecule has 0 spiro atoms. The molecular formula is C11H10BrNO2. The van der Waals surface area contributed by atoms with Gasteiger partial charge in [-0.15, -0.1) is 0 Å². The van der Waals surface area contributed by atoms with Gasteiger partial charge in [0.1, 0.15) is 13.2 Å². The summed E-state index contributed by atoms with van der Waals surface area (Å²) in [5.41, 5.74) is 1.62. The molecule has 2 rings (SSSR count). The molecule has 0 bridgehead atoms. The minimum Gasteiger partial charge on any atom is -0.486 e. The van der Waals surface area contributed by atoms with Gasteiger partial charge in [0.15, 0.2) is 11.5 Å². The highest BCUT2D eigenvalue weighted by Gasteiger charge is 2.20. The number of nitriles is 1. The quantitative estimate of drug-likeness (QED) is 0.786. The van der Waals surface area contributed by atoms with Gasteiger partial charge in [0.05, 0.1) is 16.1 Å². The van der Waals surface area contributed by atoms with Crippen molar-refractivity contribution in [1.29, 1.82) is 5.26 Å². The number of rotatable bonds is 1. The number of ether oxygens (including phenoxy) is 2. The minimum absolute atomic E-state index is 0.537. The van der Waals surface area contributed by atoms with E-state index in [-0.39, 0.29) is 0 Å². The zero-order chi connectivity index (χ0) is 10.8. The van der Waals surface area contributed by atoms with Crippen molar-refractivity contribution >= 4 is 15.9 Å². The van der Waals surface area contributed by atoms with Gasteiger partial charge in [-0.05, 0) is 27.9 Å². The highest BCUT2D eigenvalue weighted by Crippen LogP contribution is 2.41. The fourth-order valence-electron chi connectivity index (χ4n) is 1.63. The molecule has 0 atom stereocenters. The predicted molar refractivity (Wildman–Crippen MR) is 59.2 cm³/mol. The minimum atomic E-state index is 0.537. The standard InChI is InChI=1S/C11H10BrNO2/c1-2-8-7(6-13)5-9-11(10(8)12)15-4-3-14-9/h5H,2-4H2,1H3. The normalized spacial score (nSPS) is 13.4. The van der Waals surface area contributed by atoms with Crippen LogP contribution in [-0.4, -0.2) is 13.2 Å². The highest BCUT2D eigenvalue weighted by atomic mass is 79.9. The summed E-state index contributed by atoms with van der Waals surface area (Å²) in [6.07, 6.45) is 0.792. The van der Waals surface area contributed by atoms with E-state index >= 15 is 0 Å². The Balaban J connectivity index is 2.63. The largest absolute Gasteiger partial charge is 0.486 e. The Morgan fingerprint density at radius 3 is 2.87 bits per heavy atom. The third-order valence-electron chi connectivity index (χ3n) is 2.35. The predicted octanol–water partition coefficient (Wildman–Crippen LogP) is 2.65. The number of nitrogens with zero attached hydrogens (tertiary/aromatic N) is 1. The average Bonchev–Trinajstić information content (AvgIpc) is 2.29. The van der Waals surface area contributed by atoms with E-state index in [1.165, 1.54) is 0 Å². The Morgan fingerprint density at radius 2 is 2.20 bits per heavy atom. The zero-order valence-electron chi connectivity index (χ0n) is 8.34. The maximum atomic E-state index is 9.01. The monoisotopic (exact) mass is 267 g/mol. The molecule has 0 N–H and O–H groups in total. The SMILES string of the molecule is CCc1c(C#N)cc2c(c1Br)OCCO2. The van der Waals surface area contributed by atoms with Crippen molar-refractivity contribution in [1.82, 2.24) is 0 Å². The summed E-state index contributed by atoms with van der Waals surface area (Å²) < 4.78 is 11.8. The van der Waals surface area contributed by atoms with E-state index in [9.17, 15) is 0 Å². The lowest BCUT2D eigenvalue weighted by molar-refractivity contribution is 0.170. The maximum Gasteiger partial charge on any atom is 0.175 e. The molecule has 0 radical (unpaired) electrons. The first-order valence-corrected chi connectivity index (χ1v) is 5.58. The maximum absolute atomic E-state index is 9.01. The first kappa shape index (κ1) is 10.3. The molecule has 1 aliphatic heterocycles. The lowest BCUT2D eigenvalue weighted by Gasteiger charge is -2.21. The van der Waals surface area contributed by atoms with Crippen molar-refractivity contribution in [3.8, 4) is 17.6 Å². The molecule has 3 nitrogen and oxygen atoms in total. The molecule has 0 aliphatic carbocycles. The molecule has 1 heterocycles. The molecule has 1 aliphatic rings. The lowest BCUT2D eigenvalue weighted by atomic mass is 10.0. The molecule has 0 saturated carbocycles. The Bertz CT molecular complexity index is 437. The molecule has 4 heteroatoms. The van der Waals surface area contributed by atoms with Crippen molar-refractivity contribution in [3.05, 3.63) is 21.7 Å². The van der Waals surface area contributed by atoms with Crippen molar-refractivity contribution in [3.63, 3.8) is 0 Å². The van der Waals surface area contributed by atoms with E-state index in [0.717, 1.165) is 22.2 Å². The van der Waals surface area contributed by atoms with Crippen LogP contribution in [0.3, 0.4) is 0 Å². The smallest absolute Gasteiger partial charge is 0.175 e. The summed E-state index contributed by atoms with van der Waals surface area (Å²) in [5.74, 6) is 1.37. The number of fused-ring (bicyclic) bond motifs is 1. The summed E-state index contributed by atoms with van der Waals surface area (Å²) >= 11 is 3.46. The fraction of sp³-hybridized carbons (Fsp3) is 0.364. The van der Waals surface area contributed by atoms with E-state index in [1.807, 2.05) is 6.92 Å². The summed E-state index contributed by atoms with van der Waals surface area (Å²) in [6, 6.07) is 3.92. The summed E-state index contributed by atoms with van der Waals surface area (Å²) in [6.45, 7) is 3.10. The second-order valence-corrected chi connectivity index (χ2v) is 4.00. The second kappa shape index (κ2) is 4.11. The van der Waals surface area contributed by atoms with Gasteiger partial charge in [-0.3, -0.25) is 0 Å². The molecule has 0 aromatic heterocycles. The van der Waals surface area contributed by atoms with Crippen LogP contribution in [0.5, 0.6) is 11.5 Å². The van der Waals surface area contributed by atoms with Crippen LogP contribution in [0.25, 0.3) is 0 Å². The first-order valence-electron chi connectivity index (χ1n) is 4.79. The van der Waals surface area contributed by atoms with Crippen LogP contribution in [0.2, 0.25) is 0 Å². The zero-order valence-corrected chi connectivity index (χ0v) is 9.93. The third-order valence-corrected chi connectivity index (χ3v) is 3.19. The second-order valence-electron chi connectivity index (χ2n) is 3.21. The molecule has 1 aromatic carbocycles. The lowest BCUT2D eigenvalue weighted by Crippen LogP contribution is -2.16. The van der Waals surface area contributed by atoms with E-state index in [2.05, 4.69) is 22.0 Å². The van der Waals surface area contributed by atoms with Gasteiger partial charge >= 0.3 is 0 Å². The molecule has 0 amide bonds. The fourth-order valence-corrected chi connectivity index (χ4v) is 2.43. The summed E-state index contributed by atoms with van der Waals surface area (Å²) in [5, 5.41) is 9.01. The van der Waals surface area contributed by atoms with Crippen molar-refractivity contribution in [2.24, 2.45) is 0 Å².